The Labute approximate surface area is 237 Å². The summed E-state index contributed by atoms with van der Waals surface area (Å²) in [5.74, 6) is -2.52. The van der Waals surface area contributed by atoms with Crippen LogP contribution in [0.1, 0.15) is 43.6 Å². The second kappa shape index (κ2) is 15.2. The molecule has 0 radical (unpaired) electrons. The topological polar surface area (TPSA) is 170 Å². The van der Waals surface area contributed by atoms with Crippen molar-refractivity contribution in [1.29, 1.82) is 0 Å². The van der Waals surface area contributed by atoms with Crippen molar-refractivity contribution in [2.24, 2.45) is 0 Å². The van der Waals surface area contributed by atoms with Crippen LogP contribution in [0.15, 0.2) is 36.4 Å². The Morgan fingerprint density at radius 1 is 0.951 bits per heavy atom. The Balaban J connectivity index is 1.74. The highest BCUT2D eigenvalue weighted by Crippen LogP contribution is 2.20. The van der Waals surface area contributed by atoms with E-state index in [0.717, 1.165) is 0 Å². The minimum Gasteiger partial charge on any atom is -0.481 e. The minimum atomic E-state index is -1.14. The van der Waals surface area contributed by atoms with Crippen LogP contribution >= 0.6 is 0 Å². The normalized spacial score (nSPS) is 13.7. The molecule has 0 saturated carbocycles. The van der Waals surface area contributed by atoms with Gasteiger partial charge in [-0.1, -0.05) is 18.2 Å². The number of rotatable bonds is 13. The first kappa shape index (κ1) is 30.9. The van der Waals surface area contributed by atoms with Crippen molar-refractivity contribution in [3.05, 3.63) is 42.1 Å². The van der Waals surface area contributed by atoms with Crippen molar-refractivity contribution >= 4 is 29.8 Å². The number of nitrogens with zero attached hydrogens (tertiary/aromatic N) is 4. The lowest BCUT2D eigenvalue weighted by Gasteiger charge is -2.35. The third-order valence-corrected chi connectivity index (χ3v) is 6.14. The number of carbonyl (C=O) groups is 5. The highest BCUT2D eigenvalue weighted by atomic mass is 16.6. The molecule has 2 heterocycles. The highest BCUT2D eigenvalue weighted by molar-refractivity contribution is 5.96. The van der Waals surface area contributed by atoms with E-state index < -0.39 is 35.9 Å². The van der Waals surface area contributed by atoms with E-state index in [0.29, 0.717) is 5.69 Å². The first-order valence-electron chi connectivity index (χ1n) is 13.4. The Hall–Kier alpha value is -4.62. The first-order valence-corrected chi connectivity index (χ1v) is 13.4. The summed E-state index contributed by atoms with van der Waals surface area (Å²) in [4.78, 5) is 64.5. The van der Waals surface area contributed by atoms with Gasteiger partial charge in [0.15, 0.2) is 5.69 Å². The summed E-state index contributed by atoms with van der Waals surface area (Å²) < 4.78 is 17.0. The van der Waals surface area contributed by atoms with Crippen LogP contribution in [0.25, 0.3) is 5.69 Å². The number of ether oxygens (including phenoxy) is 3. The number of aliphatic carboxylic acids is 1. The molecule has 222 valence electrons. The number of carboxylic acid groups (broad SMARTS) is 1. The lowest BCUT2D eigenvalue weighted by Crippen LogP contribution is -2.56. The molecule has 2 aromatic rings. The molecular weight excluding hydrogens is 538 g/mol. The van der Waals surface area contributed by atoms with Crippen LogP contribution in [0.5, 0.6) is 5.88 Å². The fourth-order valence-corrected chi connectivity index (χ4v) is 4.11. The second-order valence-corrected chi connectivity index (χ2v) is 8.99. The lowest BCUT2D eigenvalue weighted by atomic mass is 10.1. The molecule has 3 amide bonds. The number of benzene rings is 1. The molecule has 41 heavy (non-hydrogen) atoms. The monoisotopic (exact) mass is 573 g/mol. The van der Waals surface area contributed by atoms with Crippen LogP contribution in [0.4, 0.5) is 4.79 Å². The van der Waals surface area contributed by atoms with Gasteiger partial charge in [0.05, 0.1) is 25.3 Å². The number of esters is 1. The van der Waals surface area contributed by atoms with E-state index in [4.69, 9.17) is 14.2 Å². The maximum atomic E-state index is 13.3. The second-order valence-electron chi connectivity index (χ2n) is 8.99. The van der Waals surface area contributed by atoms with Gasteiger partial charge in [-0.15, -0.1) is 0 Å². The van der Waals surface area contributed by atoms with E-state index in [-0.39, 0.29) is 76.8 Å². The van der Waals surface area contributed by atoms with Gasteiger partial charge >= 0.3 is 18.0 Å². The molecule has 14 nitrogen and oxygen atoms in total. The number of para-hydroxylation sites is 1. The molecule has 1 aliphatic heterocycles. The molecule has 1 aromatic heterocycles. The van der Waals surface area contributed by atoms with Crippen LogP contribution in [-0.4, -0.2) is 107 Å². The van der Waals surface area contributed by atoms with E-state index in [1.165, 1.54) is 20.5 Å². The Kier molecular flexibility index (Phi) is 11.5. The van der Waals surface area contributed by atoms with Gasteiger partial charge in [-0.3, -0.25) is 19.2 Å². The molecule has 1 fully saturated rings. The van der Waals surface area contributed by atoms with Crippen LogP contribution in [0.3, 0.4) is 0 Å². The van der Waals surface area contributed by atoms with E-state index in [1.807, 2.05) is 6.07 Å². The molecule has 0 aliphatic carbocycles. The maximum absolute atomic E-state index is 13.3. The summed E-state index contributed by atoms with van der Waals surface area (Å²) in [6.45, 7) is 4.77. The number of hydrogen-bond acceptors (Lipinski definition) is 9. The summed E-state index contributed by atoms with van der Waals surface area (Å²) >= 11 is 0. The molecule has 1 aliphatic rings. The zero-order chi connectivity index (χ0) is 29.8. The van der Waals surface area contributed by atoms with Gasteiger partial charge < -0.3 is 34.4 Å². The fourth-order valence-electron chi connectivity index (χ4n) is 4.11. The number of hydrogen-bond donors (Lipinski definition) is 2. The average molecular weight is 574 g/mol. The summed E-state index contributed by atoms with van der Waals surface area (Å²) in [7, 11) is 0. The van der Waals surface area contributed by atoms with Crippen molar-refractivity contribution in [2.45, 2.75) is 39.2 Å². The van der Waals surface area contributed by atoms with E-state index in [9.17, 15) is 29.1 Å². The van der Waals surface area contributed by atoms with Gasteiger partial charge in [0.2, 0.25) is 11.8 Å². The van der Waals surface area contributed by atoms with Crippen LogP contribution in [0.2, 0.25) is 0 Å². The molecule has 1 aromatic carbocycles. The van der Waals surface area contributed by atoms with Crippen molar-refractivity contribution in [3.8, 4) is 11.6 Å². The molecule has 3 rings (SSSR count). The van der Waals surface area contributed by atoms with Gasteiger partial charge in [0, 0.05) is 38.7 Å². The molecule has 0 bridgehead atoms. The zero-order valence-corrected chi connectivity index (χ0v) is 23.1. The Bertz CT molecular complexity index is 1210. The number of carbonyl (C=O) groups excluding carboxylic acids is 4. The Morgan fingerprint density at radius 2 is 1.61 bits per heavy atom. The van der Waals surface area contributed by atoms with Crippen LogP contribution < -0.4 is 10.1 Å². The fraction of sp³-hybridized carbons (Fsp3) is 0.481. The third-order valence-electron chi connectivity index (χ3n) is 6.14. The maximum Gasteiger partial charge on any atom is 0.409 e. The van der Waals surface area contributed by atoms with Crippen LogP contribution in [0, 0.1) is 0 Å². The van der Waals surface area contributed by atoms with Crippen molar-refractivity contribution < 1.29 is 43.3 Å². The average Bonchev–Trinajstić information content (AvgIpc) is 3.40. The summed E-state index contributed by atoms with van der Waals surface area (Å²) in [6.07, 6.45) is -0.963. The number of nitrogens with one attached hydrogen (secondary N) is 1. The molecular formula is C27H35N5O9. The summed E-state index contributed by atoms with van der Waals surface area (Å²) in [5.41, 5.74) is 0.524. The third kappa shape index (κ3) is 8.95. The predicted octanol–water partition coefficient (Wildman–Crippen LogP) is 1.47. The Morgan fingerprint density at radius 3 is 2.24 bits per heavy atom. The van der Waals surface area contributed by atoms with Gasteiger partial charge in [-0.25, -0.2) is 9.48 Å². The molecule has 0 spiro atoms. The van der Waals surface area contributed by atoms with Gasteiger partial charge in [0.1, 0.15) is 12.6 Å². The predicted molar refractivity (Wildman–Crippen MR) is 144 cm³/mol. The molecule has 14 heteroatoms. The minimum absolute atomic E-state index is 0.00939. The van der Waals surface area contributed by atoms with Crippen molar-refractivity contribution in [1.82, 2.24) is 24.9 Å². The standard InChI is InChI=1S/C27H35N5O9/c1-3-39-24(35)12-17-41-22-18-21(29-32(22)19-8-6-5-7-9-19)25(36)28-20(10-11-23(33)34)26(37)30-13-15-31(16-14-30)27(38)40-4-2/h5-9,18,20H,3-4,10-17H2,1-2H3,(H,28,36)(H,33,34)/t20-/m0/s1. The van der Waals surface area contributed by atoms with Gasteiger partial charge in [-0.05, 0) is 32.4 Å². The largest absolute Gasteiger partial charge is 0.481 e. The van der Waals surface area contributed by atoms with E-state index in [1.54, 1.807) is 38.1 Å². The van der Waals surface area contributed by atoms with E-state index in [2.05, 4.69) is 10.4 Å². The van der Waals surface area contributed by atoms with Crippen molar-refractivity contribution in [3.63, 3.8) is 0 Å². The molecule has 2 N–H and O–H groups in total. The lowest BCUT2D eigenvalue weighted by molar-refractivity contribution is -0.143. The number of carboxylic acids is 1. The zero-order valence-electron chi connectivity index (χ0n) is 23.1. The van der Waals surface area contributed by atoms with Gasteiger partial charge in [0.25, 0.3) is 5.91 Å². The number of amides is 3. The van der Waals surface area contributed by atoms with Crippen molar-refractivity contribution in [2.75, 3.05) is 46.0 Å². The highest BCUT2D eigenvalue weighted by Gasteiger charge is 2.31. The number of aromatic nitrogens is 2. The first-order chi connectivity index (χ1) is 19.7. The van der Waals surface area contributed by atoms with Gasteiger partial charge in [-0.2, -0.15) is 5.10 Å². The smallest absolute Gasteiger partial charge is 0.409 e. The molecule has 1 saturated heterocycles. The quantitative estimate of drug-likeness (QED) is 0.335. The molecule has 1 atom stereocenters. The SMILES string of the molecule is CCOC(=O)CCOc1cc(C(=O)N[C@@H](CCC(=O)O)C(=O)N2CCN(C(=O)OCC)CC2)nn1-c1ccccc1. The van der Waals surface area contributed by atoms with Crippen LogP contribution in [-0.2, 0) is 23.9 Å². The summed E-state index contributed by atoms with van der Waals surface area (Å²) in [5, 5.41) is 16.2. The summed E-state index contributed by atoms with van der Waals surface area (Å²) in [6, 6.07) is 9.12. The van der Waals surface area contributed by atoms with E-state index >= 15 is 0 Å². The molecule has 0 unspecified atom stereocenters. The number of piperazine rings is 1.